The Balaban J connectivity index is 3.42. The molecule has 2 nitrogen and oxygen atoms in total. The number of esters is 1. The number of carbonyl (C=O) groups is 1. The molecule has 0 saturated carbocycles. The van der Waals surface area contributed by atoms with E-state index < -0.39 is 0 Å². The predicted octanol–water partition coefficient (Wildman–Crippen LogP) is 6.31. The lowest BCUT2D eigenvalue weighted by molar-refractivity contribution is -0.140. The molecule has 0 aliphatic rings. The van der Waals surface area contributed by atoms with Crippen LogP contribution in [0.15, 0.2) is 48.6 Å². The summed E-state index contributed by atoms with van der Waals surface area (Å²) < 4.78 is 4.59. The van der Waals surface area contributed by atoms with E-state index in [9.17, 15) is 4.79 Å². The molecule has 0 aromatic carbocycles. The fourth-order valence-corrected chi connectivity index (χ4v) is 2.03. The van der Waals surface area contributed by atoms with E-state index >= 15 is 0 Å². The van der Waals surface area contributed by atoms with E-state index in [1.54, 1.807) is 0 Å². The van der Waals surface area contributed by atoms with Gasteiger partial charge in [-0.05, 0) is 44.9 Å². The number of allylic oxidation sites excluding steroid dienone is 8. The van der Waals surface area contributed by atoms with Crippen LogP contribution in [-0.2, 0) is 9.53 Å². The Kier molecular flexibility index (Phi) is 17.2. The molecule has 0 rings (SSSR count). The summed E-state index contributed by atoms with van der Waals surface area (Å²) in [5, 5.41) is 0. The summed E-state index contributed by atoms with van der Waals surface area (Å²) in [5.41, 5.74) is 0. The van der Waals surface area contributed by atoms with Crippen LogP contribution < -0.4 is 0 Å². The fraction of sp³-hybridized carbons (Fsp3) is 0.571. The van der Waals surface area contributed by atoms with Crippen LogP contribution in [0.4, 0.5) is 0 Å². The highest BCUT2D eigenvalue weighted by molar-refractivity contribution is 5.69. The molecule has 0 aromatic rings. The van der Waals surface area contributed by atoms with Gasteiger partial charge < -0.3 is 4.74 Å². The zero-order valence-electron chi connectivity index (χ0n) is 15.0. The van der Waals surface area contributed by atoms with Gasteiger partial charge in [0, 0.05) is 6.42 Å². The van der Waals surface area contributed by atoms with Gasteiger partial charge in [0.15, 0.2) is 0 Å². The van der Waals surface area contributed by atoms with Gasteiger partial charge >= 0.3 is 5.97 Å². The van der Waals surface area contributed by atoms with Gasteiger partial charge in [0.1, 0.15) is 0 Å². The normalized spacial score (nSPS) is 12.3. The number of methoxy groups -OCH3 is 1. The highest BCUT2D eigenvalue weighted by Gasteiger charge is 1.96. The Bertz CT molecular complexity index is 375. The van der Waals surface area contributed by atoms with Gasteiger partial charge in [-0.3, -0.25) is 4.79 Å². The minimum absolute atomic E-state index is 0.124. The first-order valence-corrected chi connectivity index (χ1v) is 8.98. The van der Waals surface area contributed by atoms with Crippen molar-refractivity contribution in [2.45, 2.75) is 71.1 Å². The molecule has 0 amide bonds. The number of rotatable bonds is 14. The SMILES string of the molecule is CCCCC/C=C/C/C=C/C/C=C\C/C=C\CCCC(=O)OC. The second-order valence-electron chi connectivity index (χ2n) is 5.56. The lowest BCUT2D eigenvalue weighted by Gasteiger charge is -1.95. The fourth-order valence-electron chi connectivity index (χ4n) is 2.03. The third-order valence-corrected chi connectivity index (χ3v) is 3.44. The first-order chi connectivity index (χ1) is 11.3. The van der Waals surface area contributed by atoms with Crippen molar-refractivity contribution in [2.75, 3.05) is 7.11 Å². The van der Waals surface area contributed by atoms with Gasteiger partial charge in [0.05, 0.1) is 7.11 Å². The predicted molar refractivity (Wildman–Crippen MR) is 100 cm³/mol. The second-order valence-corrected chi connectivity index (χ2v) is 5.56. The summed E-state index contributed by atoms with van der Waals surface area (Å²) in [6.45, 7) is 2.24. The van der Waals surface area contributed by atoms with Crippen molar-refractivity contribution >= 4 is 5.97 Å². The molecular formula is C21H34O2. The molecule has 0 saturated heterocycles. The van der Waals surface area contributed by atoms with Crippen LogP contribution in [0.1, 0.15) is 71.1 Å². The molecule has 0 spiro atoms. The topological polar surface area (TPSA) is 26.3 Å². The third kappa shape index (κ3) is 18.4. The number of carbonyl (C=O) groups excluding carboxylic acids is 1. The molecule has 0 aromatic heterocycles. The van der Waals surface area contributed by atoms with Gasteiger partial charge in [-0.1, -0.05) is 68.4 Å². The van der Waals surface area contributed by atoms with E-state index in [0.29, 0.717) is 6.42 Å². The summed E-state index contributed by atoms with van der Waals surface area (Å²) in [4.78, 5) is 10.9. The van der Waals surface area contributed by atoms with Gasteiger partial charge in [-0.15, -0.1) is 0 Å². The molecule has 0 aliphatic carbocycles. The zero-order chi connectivity index (χ0) is 17.0. The van der Waals surface area contributed by atoms with E-state index in [-0.39, 0.29) is 5.97 Å². The Morgan fingerprint density at radius 3 is 1.70 bits per heavy atom. The van der Waals surface area contributed by atoms with E-state index in [2.05, 4.69) is 60.3 Å². The molecule has 0 bridgehead atoms. The van der Waals surface area contributed by atoms with E-state index in [1.807, 2.05) is 0 Å². The molecule has 0 atom stereocenters. The molecule has 0 N–H and O–H groups in total. The van der Waals surface area contributed by atoms with Crippen molar-refractivity contribution < 1.29 is 9.53 Å². The Morgan fingerprint density at radius 2 is 1.22 bits per heavy atom. The van der Waals surface area contributed by atoms with Crippen LogP contribution in [0.25, 0.3) is 0 Å². The molecule has 0 fully saturated rings. The number of ether oxygens (including phenoxy) is 1. The monoisotopic (exact) mass is 318 g/mol. The summed E-state index contributed by atoms with van der Waals surface area (Å²) in [7, 11) is 1.43. The number of hydrogen-bond donors (Lipinski definition) is 0. The largest absolute Gasteiger partial charge is 0.469 e. The Hall–Kier alpha value is -1.57. The first-order valence-electron chi connectivity index (χ1n) is 8.98. The molecular weight excluding hydrogens is 284 g/mol. The number of unbranched alkanes of at least 4 members (excludes halogenated alkanes) is 4. The van der Waals surface area contributed by atoms with Gasteiger partial charge in [0.25, 0.3) is 0 Å². The van der Waals surface area contributed by atoms with Gasteiger partial charge in [-0.2, -0.15) is 0 Å². The lowest BCUT2D eigenvalue weighted by atomic mass is 10.2. The minimum atomic E-state index is -0.124. The lowest BCUT2D eigenvalue weighted by Crippen LogP contribution is -1.98. The standard InChI is InChI=1S/C21H34O2/c1-3-4-5-6-7-8-9-10-11-12-13-14-15-16-17-18-19-20-21(22)23-2/h7-8,10-11,13-14,16-17H,3-6,9,12,15,18-20H2,1-2H3/b8-7+,11-10+,14-13-,17-16-. The van der Waals surface area contributed by atoms with Crippen LogP contribution in [0, 0.1) is 0 Å². The molecule has 2 heteroatoms. The van der Waals surface area contributed by atoms with Crippen LogP contribution in [-0.4, -0.2) is 13.1 Å². The summed E-state index contributed by atoms with van der Waals surface area (Å²) >= 11 is 0. The average molecular weight is 319 g/mol. The van der Waals surface area contributed by atoms with Crippen LogP contribution in [0.5, 0.6) is 0 Å². The molecule has 23 heavy (non-hydrogen) atoms. The first kappa shape index (κ1) is 21.4. The maximum Gasteiger partial charge on any atom is 0.305 e. The zero-order valence-corrected chi connectivity index (χ0v) is 15.0. The summed E-state index contributed by atoms with van der Waals surface area (Å²) in [6.07, 6.45) is 28.1. The van der Waals surface area contributed by atoms with E-state index in [0.717, 1.165) is 32.1 Å². The highest BCUT2D eigenvalue weighted by Crippen LogP contribution is 2.01. The smallest absolute Gasteiger partial charge is 0.305 e. The Labute approximate surface area is 143 Å². The second kappa shape index (κ2) is 18.5. The molecule has 0 aliphatic heterocycles. The number of hydrogen-bond acceptors (Lipinski definition) is 2. The average Bonchev–Trinajstić information content (AvgIpc) is 2.57. The third-order valence-electron chi connectivity index (χ3n) is 3.44. The maximum absolute atomic E-state index is 10.9. The van der Waals surface area contributed by atoms with E-state index in [1.165, 1.54) is 32.8 Å². The van der Waals surface area contributed by atoms with Crippen LogP contribution in [0.3, 0.4) is 0 Å². The quantitative estimate of drug-likeness (QED) is 0.213. The summed E-state index contributed by atoms with van der Waals surface area (Å²) in [5.74, 6) is -0.124. The summed E-state index contributed by atoms with van der Waals surface area (Å²) in [6, 6.07) is 0. The molecule has 130 valence electrons. The Morgan fingerprint density at radius 1 is 0.739 bits per heavy atom. The van der Waals surface area contributed by atoms with Crippen molar-refractivity contribution in [1.29, 1.82) is 0 Å². The molecule has 0 unspecified atom stereocenters. The molecule has 0 heterocycles. The van der Waals surface area contributed by atoms with Crippen molar-refractivity contribution in [3.05, 3.63) is 48.6 Å². The minimum Gasteiger partial charge on any atom is -0.469 e. The van der Waals surface area contributed by atoms with Crippen molar-refractivity contribution in [2.24, 2.45) is 0 Å². The van der Waals surface area contributed by atoms with Gasteiger partial charge in [0.2, 0.25) is 0 Å². The van der Waals surface area contributed by atoms with Crippen LogP contribution >= 0.6 is 0 Å². The van der Waals surface area contributed by atoms with Crippen molar-refractivity contribution in [3.8, 4) is 0 Å². The van der Waals surface area contributed by atoms with E-state index in [4.69, 9.17) is 0 Å². The van der Waals surface area contributed by atoms with Crippen molar-refractivity contribution in [3.63, 3.8) is 0 Å². The van der Waals surface area contributed by atoms with Gasteiger partial charge in [-0.25, -0.2) is 0 Å². The van der Waals surface area contributed by atoms with Crippen LogP contribution in [0.2, 0.25) is 0 Å². The maximum atomic E-state index is 10.9. The molecule has 0 radical (unpaired) electrons. The highest BCUT2D eigenvalue weighted by atomic mass is 16.5. The van der Waals surface area contributed by atoms with Crippen molar-refractivity contribution in [1.82, 2.24) is 0 Å².